The summed E-state index contributed by atoms with van der Waals surface area (Å²) in [5.41, 5.74) is 3.19. The number of nitrogens with one attached hydrogen (secondary N) is 3. The number of aliphatic hydroxyl groups excluding tert-OH is 2. The van der Waals surface area contributed by atoms with Crippen molar-refractivity contribution >= 4 is 35.1 Å². The van der Waals surface area contributed by atoms with E-state index in [1.54, 1.807) is 12.1 Å². The number of nitrogens with two attached hydrogens (primary N) is 1. The third-order valence-electron chi connectivity index (χ3n) is 13.2. The number of methoxy groups -OCH3 is 1. The molecule has 2 aliphatic carbocycles. The maximum Gasteiger partial charge on any atom is 0.243 e. The highest BCUT2D eigenvalue weighted by Gasteiger charge is 2.50. The van der Waals surface area contributed by atoms with E-state index >= 15 is 0 Å². The standard InChI is InChI=1S/C52H60N4O16/c1-25(2)17-34(56-51(67)35(18-27-13-15-29(58)16-14-27)55-49(65)32(53)24-70-23-28-9-6-5-7-10-28)50(66)54-33-19-39(71-26(3)44(33)60)72-37-21-52(68,38(59)22-57)20-31-41(37)48(64)43-42(46(31)62)45(61)30-11-8-12-36(69-4)40(30)47(43)63/h5-16,25-26,32-35,37,39,44,57-58,60,62,64,68H,17-24,53H2,1-4H3,(H,54,66)(H,55,65)(H,56,67)/t26-,32-,33-,34-,35-,37-,39-,44-,52-/m0/s1. The largest absolute Gasteiger partial charge is 0.508 e. The van der Waals surface area contributed by atoms with Gasteiger partial charge in [-0.3, -0.25) is 28.8 Å². The van der Waals surface area contributed by atoms with Crippen molar-refractivity contribution in [2.24, 2.45) is 11.7 Å². The molecule has 0 bridgehead atoms. The van der Waals surface area contributed by atoms with Gasteiger partial charge in [-0.25, -0.2) is 0 Å². The number of carbonyl (C=O) groups is 6. The van der Waals surface area contributed by atoms with E-state index in [1.807, 2.05) is 44.2 Å². The Morgan fingerprint density at radius 2 is 1.53 bits per heavy atom. The van der Waals surface area contributed by atoms with Crippen LogP contribution in [0, 0.1) is 5.92 Å². The molecule has 11 N–H and O–H groups in total. The average Bonchev–Trinajstić information content (AvgIpc) is 3.35. The molecule has 0 radical (unpaired) electrons. The number of phenols is 3. The lowest BCUT2D eigenvalue weighted by Gasteiger charge is -2.43. The zero-order valence-electron chi connectivity index (χ0n) is 40.1. The van der Waals surface area contributed by atoms with Gasteiger partial charge in [-0.15, -0.1) is 0 Å². The Hall–Kier alpha value is -6.78. The van der Waals surface area contributed by atoms with Crippen LogP contribution in [-0.2, 0) is 52.8 Å². The first-order chi connectivity index (χ1) is 34.2. The minimum atomic E-state index is -2.43. The van der Waals surface area contributed by atoms with Crippen LogP contribution in [0.15, 0.2) is 72.8 Å². The molecule has 9 atom stereocenters. The van der Waals surface area contributed by atoms with Crippen molar-refractivity contribution in [2.45, 2.75) is 114 Å². The lowest BCUT2D eigenvalue weighted by atomic mass is 9.72. The second kappa shape index (κ2) is 22.3. The van der Waals surface area contributed by atoms with Crippen molar-refractivity contribution in [1.82, 2.24) is 16.0 Å². The summed E-state index contributed by atoms with van der Waals surface area (Å²) in [7, 11) is 1.29. The summed E-state index contributed by atoms with van der Waals surface area (Å²) >= 11 is 0. The van der Waals surface area contributed by atoms with E-state index in [9.17, 15) is 59.4 Å². The molecule has 3 aliphatic rings. The number of phenolic OH excluding ortho intramolecular Hbond substituents is 3. The van der Waals surface area contributed by atoms with Crippen LogP contribution in [0.4, 0.5) is 0 Å². The molecule has 0 spiro atoms. The minimum absolute atomic E-state index is 0.0211. The molecule has 72 heavy (non-hydrogen) atoms. The van der Waals surface area contributed by atoms with Gasteiger partial charge >= 0.3 is 0 Å². The zero-order chi connectivity index (χ0) is 52.2. The first-order valence-corrected chi connectivity index (χ1v) is 23.5. The van der Waals surface area contributed by atoms with Gasteiger partial charge < -0.3 is 71.3 Å². The maximum atomic E-state index is 14.3. The molecule has 1 saturated heterocycles. The number of aliphatic hydroxyl groups is 3. The van der Waals surface area contributed by atoms with Crippen LogP contribution in [0.25, 0.3) is 0 Å². The second-order valence-corrected chi connectivity index (χ2v) is 18.8. The molecule has 0 aromatic heterocycles. The Morgan fingerprint density at radius 1 is 0.847 bits per heavy atom. The van der Waals surface area contributed by atoms with Crippen molar-refractivity contribution < 1.29 is 78.4 Å². The van der Waals surface area contributed by atoms with Crippen molar-refractivity contribution in [1.29, 1.82) is 0 Å². The van der Waals surface area contributed by atoms with Crippen LogP contribution >= 0.6 is 0 Å². The summed E-state index contributed by atoms with van der Waals surface area (Å²) < 4.78 is 23.4. The first-order valence-electron chi connectivity index (χ1n) is 23.5. The molecule has 1 heterocycles. The number of benzene rings is 4. The monoisotopic (exact) mass is 996 g/mol. The van der Waals surface area contributed by atoms with Gasteiger partial charge in [0.25, 0.3) is 0 Å². The number of hydrogen-bond donors (Lipinski definition) is 10. The summed E-state index contributed by atoms with van der Waals surface area (Å²) in [5.74, 6) is -6.72. The number of carbonyl (C=O) groups excluding carboxylic acids is 6. The highest BCUT2D eigenvalue weighted by atomic mass is 16.7. The predicted molar refractivity (Wildman–Crippen MR) is 255 cm³/mol. The van der Waals surface area contributed by atoms with Crippen molar-refractivity contribution in [3.8, 4) is 23.0 Å². The topological polar surface area (TPSA) is 323 Å². The van der Waals surface area contributed by atoms with Gasteiger partial charge in [0.1, 0.15) is 59.4 Å². The number of fused-ring (bicyclic) bond motifs is 3. The molecule has 20 heteroatoms. The Balaban J connectivity index is 1.11. The maximum absolute atomic E-state index is 14.3. The van der Waals surface area contributed by atoms with Crippen molar-refractivity contribution in [3.63, 3.8) is 0 Å². The normalized spacial score (nSPS) is 22.7. The lowest BCUT2D eigenvalue weighted by Crippen LogP contribution is -2.60. The highest BCUT2D eigenvalue weighted by Crippen LogP contribution is 2.52. The minimum Gasteiger partial charge on any atom is -0.508 e. The van der Waals surface area contributed by atoms with Crippen LogP contribution in [-0.4, -0.2) is 134 Å². The van der Waals surface area contributed by atoms with Gasteiger partial charge in [0.2, 0.25) is 23.5 Å². The zero-order valence-corrected chi connectivity index (χ0v) is 40.1. The Kier molecular flexibility index (Phi) is 16.4. The third-order valence-corrected chi connectivity index (χ3v) is 13.2. The number of hydrogen-bond acceptors (Lipinski definition) is 17. The summed E-state index contributed by atoms with van der Waals surface area (Å²) in [6, 6.07) is 14.7. The number of rotatable bonds is 19. The van der Waals surface area contributed by atoms with Gasteiger partial charge in [-0.05, 0) is 48.6 Å². The summed E-state index contributed by atoms with van der Waals surface area (Å²) in [5, 5.41) is 74.9. The molecule has 0 unspecified atom stereocenters. The Labute approximate surface area is 414 Å². The number of amides is 3. The van der Waals surface area contributed by atoms with Gasteiger partial charge in [0.05, 0.1) is 55.3 Å². The number of ether oxygens (including phenoxy) is 4. The summed E-state index contributed by atoms with van der Waals surface area (Å²) in [6.07, 6.45) is -7.01. The van der Waals surface area contributed by atoms with E-state index in [0.29, 0.717) is 5.56 Å². The fraction of sp³-hybridized carbons (Fsp3) is 0.423. The van der Waals surface area contributed by atoms with Gasteiger partial charge in [0.15, 0.2) is 17.9 Å². The molecule has 384 valence electrons. The molecule has 1 fully saturated rings. The molecule has 4 aromatic rings. The van der Waals surface area contributed by atoms with Gasteiger partial charge in [-0.2, -0.15) is 0 Å². The third kappa shape index (κ3) is 11.3. The summed E-state index contributed by atoms with van der Waals surface area (Å²) in [4.78, 5) is 83.1. The van der Waals surface area contributed by atoms with Crippen molar-refractivity contribution in [3.05, 3.63) is 117 Å². The van der Waals surface area contributed by atoms with Gasteiger partial charge in [-0.1, -0.05) is 68.4 Å². The molecule has 0 saturated carbocycles. The van der Waals surface area contributed by atoms with E-state index in [-0.39, 0.29) is 72.1 Å². The molecule has 20 nitrogen and oxygen atoms in total. The van der Waals surface area contributed by atoms with Crippen LogP contribution in [0.5, 0.6) is 23.0 Å². The second-order valence-electron chi connectivity index (χ2n) is 18.8. The Morgan fingerprint density at radius 3 is 2.19 bits per heavy atom. The quantitative estimate of drug-likeness (QED) is 0.0526. The van der Waals surface area contributed by atoms with E-state index < -0.39 is 132 Å². The highest BCUT2D eigenvalue weighted by molar-refractivity contribution is 6.31. The SMILES string of the molecule is COc1cccc2c1C(=O)c1c(O)c3c(c(O)c1C2=O)C[C@@](O)(C(=O)CO)C[C@@H]3O[C@H]1C[C@H](NC(=O)[C@H](CC(C)C)NC(=O)[C@H](Cc2ccc(O)cc2)NC(=O)[C@@H](N)COCc2ccccc2)[C@@H](O)[C@H](C)O1. The van der Waals surface area contributed by atoms with Crippen LogP contribution in [0.2, 0.25) is 0 Å². The van der Waals surface area contributed by atoms with E-state index in [4.69, 9.17) is 24.7 Å². The van der Waals surface area contributed by atoms with E-state index in [0.717, 1.165) is 5.56 Å². The van der Waals surface area contributed by atoms with E-state index in [2.05, 4.69) is 16.0 Å². The lowest BCUT2D eigenvalue weighted by molar-refractivity contribution is -0.249. The van der Waals surface area contributed by atoms with Crippen LogP contribution < -0.4 is 26.4 Å². The fourth-order valence-electron chi connectivity index (χ4n) is 9.43. The molecule has 3 amide bonds. The molecular weight excluding hydrogens is 937 g/mol. The number of aromatic hydroxyl groups is 3. The summed E-state index contributed by atoms with van der Waals surface area (Å²) in [6.45, 7) is 4.01. The molecule has 7 rings (SSSR count). The predicted octanol–water partition coefficient (Wildman–Crippen LogP) is 1.67. The first kappa shape index (κ1) is 53.0. The van der Waals surface area contributed by atoms with Crippen LogP contribution in [0.3, 0.4) is 0 Å². The van der Waals surface area contributed by atoms with E-state index in [1.165, 1.54) is 44.4 Å². The average molecular weight is 997 g/mol. The van der Waals surface area contributed by atoms with Gasteiger partial charge in [0, 0.05) is 42.4 Å². The number of ketones is 3. The molecular formula is C52H60N4O16. The number of Topliss-reactive ketones (excluding diaryl/α,β-unsaturated/α-hetero) is 1. The fourth-order valence-corrected chi connectivity index (χ4v) is 9.43. The van der Waals surface area contributed by atoms with Crippen molar-refractivity contribution in [2.75, 3.05) is 20.3 Å². The smallest absolute Gasteiger partial charge is 0.243 e. The Bertz CT molecular complexity index is 2700. The van der Waals surface area contributed by atoms with Crippen LogP contribution in [0.1, 0.15) is 100 Å². The molecule has 4 aromatic carbocycles. The molecule has 1 aliphatic heterocycles.